The lowest BCUT2D eigenvalue weighted by Gasteiger charge is -2.23. The molecule has 1 fully saturated rings. The molecule has 0 bridgehead atoms. The molecular weight excluding hydrogens is 429 g/mol. The largest absolute Gasteiger partial charge is 0.446 e. The maximum Gasteiger partial charge on any atom is 0.446 e. The number of benzene rings is 2. The lowest BCUT2D eigenvalue weighted by molar-refractivity contribution is -0.121. The van der Waals surface area contributed by atoms with Crippen LogP contribution in [0.5, 0.6) is 0 Å². The van der Waals surface area contributed by atoms with Crippen LogP contribution >= 0.6 is 11.8 Å². The van der Waals surface area contributed by atoms with E-state index in [0.717, 1.165) is 15.8 Å². The number of nitrogens with zero attached hydrogens (tertiary/aromatic N) is 2. The van der Waals surface area contributed by atoms with Crippen LogP contribution in [0.15, 0.2) is 59.5 Å². The molecule has 3 aromatic rings. The molecule has 2 heterocycles. The van der Waals surface area contributed by atoms with Gasteiger partial charge in [0.15, 0.2) is 0 Å². The maximum atomic E-state index is 13.2. The average molecular weight is 446 g/mol. The van der Waals surface area contributed by atoms with E-state index in [1.54, 1.807) is 19.1 Å². The number of thioether (sulfide) groups is 1. The predicted molar refractivity (Wildman–Crippen MR) is 113 cm³/mol. The zero-order chi connectivity index (χ0) is 22.4. The van der Waals surface area contributed by atoms with Crippen LogP contribution in [-0.4, -0.2) is 28.0 Å². The molecule has 0 radical (unpaired) electrons. The van der Waals surface area contributed by atoms with E-state index in [0.29, 0.717) is 11.3 Å². The smallest absolute Gasteiger partial charge is 0.384 e. The molecule has 1 atom stereocenters. The fourth-order valence-corrected chi connectivity index (χ4v) is 4.17. The van der Waals surface area contributed by atoms with Crippen LogP contribution < -0.4 is 16.0 Å². The highest BCUT2D eigenvalue weighted by Crippen LogP contribution is 2.38. The highest BCUT2D eigenvalue weighted by atomic mass is 32.2. The SMILES string of the molecule is CC1(Cc2cc(N)nc3ccccc23)NC(=O)N(c2ccc(SC(F)(F)F)cc2)C1=O. The van der Waals surface area contributed by atoms with E-state index in [1.807, 2.05) is 18.2 Å². The summed E-state index contributed by atoms with van der Waals surface area (Å²) in [6.07, 6.45) is 0.170. The molecule has 1 saturated heterocycles. The Labute approximate surface area is 179 Å². The zero-order valence-electron chi connectivity index (χ0n) is 16.2. The summed E-state index contributed by atoms with van der Waals surface area (Å²) in [7, 11) is 0. The molecule has 2 aromatic carbocycles. The number of hydrogen-bond donors (Lipinski definition) is 2. The quantitative estimate of drug-likeness (QED) is 0.456. The van der Waals surface area contributed by atoms with Gasteiger partial charge < -0.3 is 11.1 Å². The van der Waals surface area contributed by atoms with Gasteiger partial charge in [0.05, 0.1) is 11.2 Å². The number of fused-ring (bicyclic) bond motifs is 1. The summed E-state index contributed by atoms with van der Waals surface area (Å²) in [4.78, 5) is 31.0. The van der Waals surface area contributed by atoms with E-state index < -0.39 is 23.0 Å². The molecule has 3 N–H and O–H groups in total. The zero-order valence-corrected chi connectivity index (χ0v) is 17.1. The number of pyridine rings is 1. The number of imide groups is 1. The monoisotopic (exact) mass is 446 g/mol. The van der Waals surface area contributed by atoms with Crippen molar-refractivity contribution in [1.82, 2.24) is 10.3 Å². The van der Waals surface area contributed by atoms with E-state index in [9.17, 15) is 22.8 Å². The number of aromatic nitrogens is 1. The lowest BCUT2D eigenvalue weighted by Crippen LogP contribution is -2.46. The van der Waals surface area contributed by atoms with E-state index in [4.69, 9.17) is 5.73 Å². The molecule has 1 aromatic heterocycles. The molecule has 1 unspecified atom stereocenters. The van der Waals surface area contributed by atoms with Gasteiger partial charge in [0, 0.05) is 16.7 Å². The second-order valence-corrected chi connectivity index (χ2v) is 8.48. The summed E-state index contributed by atoms with van der Waals surface area (Å²) >= 11 is -0.264. The van der Waals surface area contributed by atoms with E-state index in [1.165, 1.54) is 24.3 Å². The molecule has 160 valence electrons. The predicted octanol–water partition coefficient (Wildman–Crippen LogP) is 4.49. The van der Waals surface area contributed by atoms with Gasteiger partial charge in [-0.1, -0.05) is 18.2 Å². The first-order chi connectivity index (χ1) is 14.6. The van der Waals surface area contributed by atoms with E-state index in [-0.39, 0.29) is 28.8 Å². The number of nitrogens with one attached hydrogen (secondary N) is 1. The number of urea groups is 1. The number of carbonyl (C=O) groups excluding carboxylic acids is 2. The molecule has 0 aliphatic carbocycles. The Hall–Kier alpha value is -3.27. The Morgan fingerprint density at radius 3 is 2.48 bits per heavy atom. The van der Waals surface area contributed by atoms with E-state index >= 15 is 0 Å². The number of nitrogens with two attached hydrogens (primary N) is 1. The molecule has 6 nitrogen and oxygen atoms in total. The number of rotatable bonds is 4. The first-order valence-corrected chi connectivity index (χ1v) is 10.0. The maximum absolute atomic E-state index is 13.2. The summed E-state index contributed by atoms with van der Waals surface area (Å²) < 4.78 is 37.6. The number of amides is 3. The normalized spacial score (nSPS) is 19.2. The highest BCUT2D eigenvalue weighted by molar-refractivity contribution is 8.00. The van der Waals surface area contributed by atoms with Crippen molar-refractivity contribution < 1.29 is 22.8 Å². The Kier molecular flexibility index (Phi) is 5.04. The van der Waals surface area contributed by atoms with Gasteiger partial charge in [-0.05, 0) is 60.6 Å². The van der Waals surface area contributed by atoms with Gasteiger partial charge in [0.2, 0.25) is 0 Å². The number of hydrogen-bond acceptors (Lipinski definition) is 5. The number of para-hydroxylation sites is 1. The van der Waals surface area contributed by atoms with Gasteiger partial charge in [-0.3, -0.25) is 4.79 Å². The van der Waals surface area contributed by atoms with Crippen molar-refractivity contribution in [2.24, 2.45) is 0 Å². The van der Waals surface area contributed by atoms with Crippen molar-refractivity contribution in [3.63, 3.8) is 0 Å². The molecule has 0 spiro atoms. The summed E-state index contributed by atoms with van der Waals surface area (Å²) in [5, 5.41) is 3.52. The molecule has 1 aliphatic rings. The number of anilines is 2. The number of carbonyl (C=O) groups is 2. The van der Waals surface area contributed by atoms with Crippen LogP contribution in [0.25, 0.3) is 10.9 Å². The molecule has 0 saturated carbocycles. The van der Waals surface area contributed by atoms with Gasteiger partial charge in [0.25, 0.3) is 5.91 Å². The first-order valence-electron chi connectivity index (χ1n) is 9.22. The van der Waals surface area contributed by atoms with Crippen LogP contribution in [0.2, 0.25) is 0 Å². The molecule has 31 heavy (non-hydrogen) atoms. The molecule has 4 rings (SSSR count). The third kappa shape index (κ3) is 4.15. The number of halogens is 3. The third-order valence-corrected chi connectivity index (χ3v) is 5.69. The summed E-state index contributed by atoms with van der Waals surface area (Å²) in [5.74, 6) is -0.211. The van der Waals surface area contributed by atoms with E-state index in [2.05, 4.69) is 10.3 Å². The minimum absolute atomic E-state index is 0.0372. The standard InChI is InChI=1S/C21H17F3N4O2S/c1-20(11-12-10-17(25)26-16-5-3-2-4-15(12)16)18(29)28(19(30)27-20)13-6-8-14(9-7-13)31-21(22,23)24/h2-10H,11H2,1H3,(H2,25,26)(H,27,30). The Morgan fingerprint density at radius 1 is 1.13 bits per heavy atom. The molecule has 3 amide bonds. The van der Waals surface area contributed by atoms with Crippen molar-refractivity contribution >= 4 is 46.1 Å². The Morgan fingerprint density at radius 2 is 1.81 bits per heavy atom. The van der Waals surface area contributed by atoms with Crippen molar-refractivity contribution in [3.05, 3.63) is 60.2 Å². The molecule has 10 heteroatoms. The van der Waals surface area contributed by atoms with Crippen molar-refractivity contribution in [2.75, 3.05) is 10.6 Å². The van der Waals surface area contributed by atoms with Gasteiger partial charge >= 0.3 is 11.5 Å². The molecule has 1 aliphatic heterocycles. The summed E-state index contributed by atoms with van der Waals surface area (Å²) in [6, 6.07) is 13.4. The van der Waals surface area contributed by atoms with Gasteiger partial charge in [0.1, 0.15) is 11.4 Å². The lowest BCUT2D eigenvalue weighted by atomic mass is 9.91. The Bertz CT molecular complexity index is 1180. The topological polar surface area (TPSA) is 88.3 Å². The van der Waals surface area contributed by atoms with Crippen molar-refractivity contribution in [3.8, 4) is 0 Å². The first kappa shape index (κ1) is 21.0. The van der Waals surface area contributed by atoms with Crippen molar-refractivity contribution in [2.45, 2.75) is 29.3 Å². The van der Waals surface area contributed by atoms with Crippen LogP contribution in [0.1, 0.15) is 12.5 Å². The number of nitrogen functional groups attached to an aromatic ring is 1. The van der Waals surface area contributed by atoms with Gasteiger partial charge in [-0.2, -0.15) is 13.2 Å². The van der Waals surface area contributed by atoms with Crippen LogP contribution in [0.4, 0.5) is 29.5 Å². The van der Waals surface area contributed by atoms with Crippen molar-refractivity contribution in [1.29, 1.82) is 0 Å². The average Bonchev–Trinajstić information content (AvgIpc) is 2.89. The Balaban J connectivity index is 1.62. The minimum Gasteiger partial charge on any atom is -0.384 e. The van der Waals surface area contributed by atoms with Gasteiger partial charge in [-0.15, -0.1) is 0 Å². The number of alkyl halides is 3. The minimum atomic E-state index is -4.42. The second kappa shape index (κ2) is 7.45. The summed E-state index contributed by atoms with van der Waals surface area (Å²) in [5.41, 5.74) is 1.84. The third-order valence-electron chi connectivity index (χ3n) is 4.96. The molecular formula is C21H17F3N4O2S. The van der Waals surface area contributed by atoms with Gasteiger partial charge in [-0.25, -0.2) is 14.7 Å². The fourth-order valence-electron chi connectivity index (χ4n) is 3.63. The highest BCUT2D eigenvalue weighted by Gasteiger charge is 2.48. The summed E-state index contributed by atoms with van der Waals surface area (Å²) in [6.45, 7) is 1.60. The second-order valence-electron chi connectivity index (χ2n) is 7.34. The fraction of sp³-hybridized carbons (Fsp3) is 0.190. The van der Waals surface area contributed by atoms with Crippen LogP contribution in [0, 0.1) is 0 Å². The van der Waals surface area contributed by atoms with Crippen LogP contribution in [-0.2, 0) is 11.2 Å². The van der Waals surface area contributed by atoms with Crippen LogP contribution in [0.3, 0.4) is 0 Å².